The van der Waals surface area contributed by atoms with Gasteiger partial charge in [-0.05, 0) is 56.6 Å². The van der Waals surface area contributed by atoms with Crippen LogP contribution < -0.4 is 4.74 Å². The molecule has 0 radical (unpaired) electrons. The molecule has 7 nitrogen and oxygen atoms in total. The molecule has 2 aliphatic rings. The van der Waals surface area contributed by atoms with Crippen LogP contribution in [-0.2, 0) is 16.1 Å². The van der Waals surface area contributed by atoms with Crippen LogP contribution in [0.3, 0.4) is 0 Å². The smallest absolute Gasteiger partial charge is 0.228 e. The van der Waals surface area contributed by atoms with Crippen LogP contribution in [0.25, 0.3) is 11.4 Å². The number of likely N-dealkylation sites (N-methyl/N-ethyl adjacent to an activating group) is 1. The second kappa shape index (κ2) is 8.70. The highest BCUT2D eigenvalue weighted by Gasteiger charge is 2.47. The molecule has 2 fully saturated rings. The number of ether oxygens (including phenoxy) is 2. The largest absolute Gasteiger partial charge is 0.497 e. The third-order valence-electron chi connectivity index (χ3n) is 6.50. The number of hydrogen-bond acceptors (Lipinski definition) is 6. The third-order valence-corrected chi connectivity index (χ3v) is 6.50. The van der Waals surface area contributed by atoms with E-state index in [1.807, 2.05) is 48.6 Å². The third kappa shape index (κ3) is 4.18. The van der Waals surface area contributed by atoms with Crippen molar-refractivity contribution in [2.24, 2.45) is 5.41 Å². The number of carbonyl (C=O) groups excluding carboxylic acids is 1. The van der Waals surface area contributed by atoms with Crippen LogP contribution >= 0.6 is 0 Å². The second-order valence-corrected chi connectivity index (χ2v) is 8.45. The molecule has 0 bridgehead atoms. The summed E-state index contributed by atoms with van der Waals surface area (Å²) in [5, 5.41) is 0. The van der Waals surface area contributed by atoms with E-state index < -0.39 is 0 Å². The van der Waals surface area contributed by atoms with E-state index in [1.165, 1.54) is 0 Å². The molecule has 1 unspecified atom stereocenters. The number of aromatic nitrogens is 2. The van der Waals surface area contributed by atoms with E-state index in [0.717, 1.165) is 55.8 Å². The summed E-state index contributed by atoms with van der Waals surface area (Å²) in [6.07, 6.45) is 6.52. The van der Waals surface area contributed by atoms with Gasteiger partial charge in [-0.3, -0.25) is 9.69 Å². The Kier molecular flexibility index (Phi) is 6.01. The van der Waals surface area contributed by atoms with Crippen molar-refractivity contribution in [2.45, 2.75) is 31.9 Å². The molecule has 2 saturated heterocycles. The van der Waals surface area contributed by atoms with E-state index >= 15 is 0 Å². The quantitative estimate of drug-likeness (QED) is 0.755. The van der Waals surface area contributed by atoms with Gasteiger partial charge in [0.2, 0.25) is 5.91 Å². The number of nitrogens with zero attached hydrogens (tertiary/aromatic N) is 4. The zero-order valence-electron chi connectivity index (χ0n) is 18.0. The molecular formula is C23H30N4O3. The second-order valence-electron chi connectivity index (χ2n) is 8.45. The Bertz CT molecular complexity index is 861. The van der Waals surface area contributed by atoms with Crippen molar-refractivity contribution in [1.82, 2.24) is 19.8 Å². The lowest BCUT2D eigenvalue weighted by Gasteiger charge is -2.47. The minimum atomic E-state index is -0.265. The summed E-state index contributed by atoms with van der Waals surface area (Å²) < 4.78 is 10.8. The summed E-state index contributed by atoms with van der Waals surface area (Å²) in [5.41, 5.74) is 1.79. The summed E-state index contributed by atoms with van der Waals surface area (Å²) in [6, 6.07) is 7.75. The predicted octanol–water partition coefficient (Wildman–Crippen LogP) is 2.61. The molecule has 1 aromatic carbocycles. The standard InChI is InChI=1S/C23H30N4O3/c1-26-16-20(30-3)12-23(22(26)28)8-10-27(11-9-23)15-17-13-24-21(25-14-17)18-4-6-19(29-2)7-5-18/h4-7,13-14,20H,8-12,15-16H2,1-3H3. The number of hydrogen-bond donors (Lipinski definition) is 0. The van der Waals surface area contributed by atoms with Crippen LogP contribution in [0.1, 0.15) is 24.8 Å². The fourth-order valence-electron chi connectivity index (χ4n) is 4.68. The first-order chi connectivity index (χ1) is 14.5. The number of piperidine rings is 2. The van der Waals surface area contributed by atoms with Crippen molar-refractivity contribution in [3.63, 3.8) is 0 Å². The monoisotopic (exact) mass is 410 g/mol. The highest BCUT2D eigenvalue weighted by molar-refractivity contribution is 5.83. The molecule has 1 aromatic heterocycles. The normalized spacial score (nSPS) is 21.8. The molecule has 160 valence electrons. The Morgan fingerprint density at radius 1 is 1.10 bits per heavy atom. The lowest BCUT2D eigenvalue weighted by molar-refractivity contribution is -0.156. The predicted molar refractivity (Wildman–Crippen MR) is 114 cm³/mol. The zero-order valence-corrected chi connectivity index (χ0v) is 18.0. The summed E-state index contributed by atoms with van der Waals surface area (Å²) in [6.45, 7) is 3.29. The van der Waals surface area contributed by atoms with Crippen LogP contribution in [-0.4, -0.2) is 72.7 Å². The van der Waals surface area contributed by atoms with Crippen LogP contribution in [0, 0.1) is 5.41 Å². The number of likely N-dealkylation sites (tertiary alicyclic amines) is 2. The lowest BCUT2D eigenvalue weighted by Crippen LogP contribution is -2.56. The fraction of sp³-hybridized carbons (Fsp3) is 0.522. The topological polar surface area (TPSA) is 67.8 Å². The van der Waals surface area contributed by atoms with Crippen LogP contribution in [0.5, 0.6) is 5.75 Å². The Morgan fingerprint density at radius 2 is 1.77 bits per heavy atom. The molecule has 0 saturated carbocycles. The van der Waals surface area contributed by atoms with Gasteiger partial charge in [0, 0.05) is 50.8 Å². The molecule has 1 amide bonds. The molecule has 1 atom stereocenters. The van der Waals surface area contributed by atoms with E-state index in [0.29, 0.717) is 12.4 Å². The van der Waals surface area contributed by atoms with Crippen molar-refractivity contribution < 1.29 is 14.3 Å². The average molecular weight is 411 g/mol. The molecule has 0 aliphatic carbocycles. The average Bonchev–Trinajstić information content (AvgIpc) is 2.79. The van der Waals surface area contributed by atoms with Gasteiger partial charge in [-0.15, -0.1) is 0 Å². The SMILES string of the molecule is COc1ccc(-c2ncc(CN3CCC4(CC3)CC(OC)CN(C)C4=O)cn2)cc1. The Hall–Kier alpha value is -2.51. The van der Waals surface area contributed by atoms with Crippen LogP contribution in [0.15, 0.2) is 36.7 Å². The van der Waals surface area contributed by atoms with Crippen LogP contribution in [0.4, 0.5) is 0 Å². The van der Waals surface area contributed by atoms with E-state index in [9.17, 15) is 4.79 Å². The maximum atomic E-state index is 12.9. The number of carbonyl (C=O) groups is 1. The Morgan fingerprint density at radius 3 is 2.37 bits per heavy atom. The lowest BCUT2D eigenvalue weighted by atomic mass is 9.71. The minimum Gasteiger partial charge on any atom is -0.497 e. The van der Waals surface area contributed by atoms with Crippen molar-refractivity contribution >= 4 is 5.91 Å². The molecular weight excluding hydrogens is 380 g/mol. The Labute approximate surface area is 178 Å². The maximum absolute atomic E-state index is 12.9. The van der Waals surface area contributed by atoms with Gasteiger partial charge in [0.1, 0.15) is 5.75 Å². The van der Waals surface area contributed by atoms with Gasteiger partial charge < -0.3 is 14.4 Å². The fourth-order valence-corrected chi connectivity index (χ4v) is 4.68. The molecule has 4 rings (SSSR count). The molecule has 3 heterocycles. The summed E-state index contributed by atoms with van der Waals surface area (Å²) >= 11 is 0. The number of benzene rings is 1. The van der Waals surface area contributed by atoms with E-state index in [1.54, 1.807) is 14.2 Å². The van der Waals surface area contributed by atoms with Crippen molar-refractivity contribution in [1.29, 1.82) is 0 Å². The summed E-state index contributed by atoms with van der Waals surface area (Å²) in [4.78, 5) is 26.2. The minimum absolute atomic E-state index is 0.137. The van der Waals surface area contributed by atoms with Crippen LogP contribution in [0.2, 0.25) is 0 Å². The van der Waals surface area contributed by atoms with Gasteiger partial charge in [-0.1, -0.05) is 0 Å². The van der Waals surface area contributed by atoms with Gasteiger partial charge in [-0.2, -0.15) is 0 Å². The first-order valence-electron chi connectivity index (χ1n) is 10.5. The molecule has 30 heavy (non-hydrogen) atoms. The van der Waals surface area contributed by atoms with Gasteiger partial charge in [0.25, 0.3) is 0 Å². The van der Waals surface area contributed by atoms with Crippen molar-refractivity contribution in [2.75, 3.05) is 40.9 Å². The Balaban J connectivity index is 1.36. The summed E-state index contributed by atoms with van der Waals surface area (Å²) in [5.74, 6) is 1.81. The van der Waals surface area contributed by atoms with E-state index in [4.69, 9.17) is 9.47 Å². The van der Waals surface area contributed by atoms with Gasteiger partial charge in [-0.25, -0.2) is 9.97 Å². The van der Waals surface area contributed by atoms with Gasteiger partial charge >= 0.3 is 0 Å². The number of methoxy groups -OCH3 is 2. The molecule has 0 N–H and O–H groups in total. The molecule has 1 spiro atoms. The molecule has 2 aliphatic heterocycles. The summed E-state index contributed by atoms with van der Waals surface area (Å²) in [7, 11) is 5.29. The van der Waals surface area contributed by atoms with Gasteiger partial charge in [0.15, 0.2) is 5.82 Å². The number of amides is 1. The first kappa shape index (κ1) is 20.8. The molecule has 2 aromatic rings. The van der Waals surface area contributed by atoms with Crippen molar-refractivity contribution in [3.8, 4) is 17.1 Å². The first-order valence-corrected chi connectivity index (χ1v) is 10.5. The molecule has 7 heteroatoms. The maximum Gasteiger partial charge on any atom is 0.228 e. The zero-order chi connectivity index (χ0) is 21.1. The highest BCUT2D eigenvalue weighted by atomic mass is 16.5. The van der Waals surface area contributed by atoms with E-state index in [2.05, 4.69) is 14.9 Å². The highest BCUT2D eigenvalue weighted by Crippen LogP contribution is 2.41. The van der Waals surface area contributed by atoms with E-state index in [-0.39, 0.29) is 17.4 Å². The van der Waals surface area contributed by atoms with Gasteiger partial charge in [0.05, 0.1) is 18.6 Å². The number of rotatable bonds is 5. The van der Waals surface area contributed by atoms with Crippen molar-refractivity contribution in [3.05, 3.63) is 42.2 Å².